The first kappa shape index (κ1) is 20.8. The van der Waals surface area contributed by atoms with Gasteiger partial charge in [-0.05, 0) is 54.5 Å². The summed E-state index contributed by atoms with van der Waals surface area (Å²) in [6, 6.07) is 11.6. The lowest BCUT2D eigenvalue weighted by molar-refractivity contribution is 0.197. The molecule has 2 amide bonds. The molecular formula is C23H30N4O2. The Morgan fingerprint density at radius 1 is 1.34 bits per heavy atom. The molecule has 1 fully saturated rings. The second kappa shape index (κ2) is 10.0. The van der Waals surface area contributed by atoms with Crippen LogP contribution in [-0.4, -0.2) is 40.8 Å². The molecule has 1 aromatic heterocycles. The van der Waals surface area contributed by atoms with Gasteiger partial charge in [0, 0.05) is 19.3 Å². The van der Waals surface area contributed by atoms with Crippen molar-refractivity contribution in [3.63, 3.8) is 0 Å². The Bertz CT molecular complexity index is 836. The number of carbonyl (C=O) groups excluding carboxylic acids is 1. The number of amides is 2. The van der Waals surface area contributed by atoms with Crippen molar-refractivity contribution >= 4 is 17.9 Å². The lowest BCUT2D eigenvalue weighted by Gasteiger charge is -2.33. The number of benzene rings is 1. The number of nitrogens with one attached hydrogen (secondary N) is 1. The van der Waals surface area contributed by atoms with Crippen molar-refractivity contribution in [3.8, 4) is 5.75 Å². The van der Waals surface area contributed by atoms with Gasteiger partial charge in [0.2, 0.25) is 0 Å². The number of aromatic nitrogens is 2. The number of hydrogen-bond donors (Lipinski definition) is 1. The summed E-state index contributed by atoms with van der Waals surface area (Å²) in [5.41, 5.74) is 2.50. The molecule has 0 aliphatic carbocycles. The Balaban J connectivity index is 1.57. The SMILES string of the molecule is CC(C)CCOc1cccc(C=C2CCN(C(=O)Nc3cccnn3)CC2C)c1. The number of hydrogen-bond acceptors (Lipinski definition) is 4. The summed E-state index contributed by atoms with van der Waals surface area (Å²) >= 11 is 0. The Morgan fingerprint density at radius 2 is 2.21 bits per heavy atom. The normalized spacial score (nSPS) is 18.1. The van der Waals surface area contributed by atoms with Gasteiger partial charge < -0.3 is 9.64 Å². The van der Waals surface area contributed by atoms with Crippen LogP contribution in [0.2, 0.25) is 0 Å². The van der Waals surface area contributed by atoms with E-state index >= 15 is 0 Å². The van der Waals surface area contributed by atoms with Gasteiger partial charge in [-0.3, -0.25) is 5.32 Å². The number of anilines is 1. The first-order valence-corrected chi connectivity index (χ1v) is 10.3. The topological polar surface area (TPSA) is 67.3 Å². The van der Waals surface area contributed by atoms with Crippen molar-refractivity contribution in [2.24, 2.45) is 11.8 Å². The number of ether oxygens (including phenoxy) is 1. The molecule has 154 valence electrons. The minimum absolute atomic E-state index is 0.128. The molecule has 0 spiro atoms. The summed E-state index contributed by atoms with van der Waals surface area (Å²) in [6.45, 7) is 8.67. The molecule has 1 aliphatic rings. The highest BCUT2D eigenvalue weighted by Crippen LogP contribution is 2.26. The minimum Gasteiger partial charge on any atom is -0.494 e. The molecule has 29 heavy (non-hydrogen) atoms. The molecule has 2 heterocycles. The van der Waals surface area contributed by atoms with Crippen molar-refractivity contribution in [1.29, 1.82) is 0 Å². The molecule has 2 aromatic rings. The van der Waals surface area contributed by atoms with Gasteiger partial charge in [-0.1, -0.05) is 44.6 Å². The van der Waals surface area contributed by atoms with Crippen molar-refractivity contribution in [3.05, 3.63) is 53.7 Å². The second-order valence-electron chi connectivity index (χ2n) is 7.96. The fourth-order valence-electron chi connectivity index (χ4n) is 3.33. The average Bonchev–Trinajstić information content (AvgIpc) is 2.70. The maximum Gasteiger partial charge on any atom is 0.323 e. The predicted molar refractivity (Wildman–Crippen MR) is 116 cm³/mol. The van der Waals surface area contributed by atoms with E-state index in [0.717, 1.165) is 30.8 Å². The molecule has 0 radical (unpaired) electrons. The zero-order valence-electron chi connectivity index (χ0n) is 17.5. The van der Waals surface area contributed by atoms with Crippen LogP contribution in [0, 0.1) is 11.8 Å². The molecular weight excluding hydrogens is 364 g/mol. The maximum absolute atomic E-state index is 12.5. The molecule has 1 aromatic carbocycles. The third-order valence-electron chi connectivity index (χ3n) is 5.07. The van der Waals surface area contributed by atoms with Gasteiger partial charge >= 0.3 is 6.03 Å². The van der Waals surface area contributed by atoms with Crippen LogP contribution >= 0.6 is 0 Å². The quantitative estimate of drug-likeness (QED) is 0.760. The van der Waals surface area contributed by atoms with E-state index in [2.05, 4.69) is 54.5 Å². The van der Waals surface area contributed by atoms with Gasteiger partial charge in [-0.25, -0.2) is 4.79 Å². The van der Waals surface area contributed by atoms with Crippen molar-refractivity contribution in [1.82, 2.24) is 15.1 Å². The third-order valence-corrected chi connectivity index (χ3v) is 5.07. The lowest BCUT2D eigenvalue weighted by Crippen LogP contribution is -2.42. The second-order valence-corrected chi connectivity index (χ2v) is 7.96. The van der Waals surface area contributed by atoms with Gasteiger partial charge in [0.05, 0.1) is 6.61 Å². The molecule has 1 unspecified atom stereocenters. The van der Waals surface area contributed by atoms with Crippen molar-refractivity contribution < 1.29 is 9.53 Å². The first-order chi connectivity index (χ1) is 14.0. The molecule has 1 atom stereocenters. The Labute approximate surface area is 173 Å². The number of likely N-dealkylation sites (tertiary alicyclic amines) is 1. The molecule has 0 saturated carbocycles. The van der Waals surface area contributed by atoms with E-state index in [1.54, 1.807) is 18.3 Å². The number of urea groups is 1. The molecule has 1 N–H and O–H groups in total. The summed E-state index contributed by atoms with van der Waals surface area (Å²) in [5.74, 6) is 2.31. The van der Waals surface area contributed by atoms with Gasteiger partial charge in [0.1, 0.15) is 5.75 Å². The number of rotatable bonds is 6. The van der Waals surface area contributed by atoms with E-state index in [0.29, 0.717) is 30.7 Å². The van der Waals surface area contributed by atoms with Crippen LogP contribution in [0.15, 0.2) is 48.2 Å². The molecule has 1 saturated heterocycles. The Morgan fingerprint density at radius 3 is 2.93 bits per heavy atom. The summed E-state index contributed by atoms with van der Waals surface area (Å²) in [4.78, 5) is 14.3. The smallest absolute Gasteiger partial charge is 0.323 e. The van der Waals surface area contributed by atoms with E-state index in [-0.39, 0.29) is 6.03 Å². The van der Waals surface area contributed by atoms with Crippen LogP contribution < -0.4 is 10.1 Å². The molecule has 1 aliphatic heterocycles. The highest BCUT2D eigenvalue weighted by molar-refractivity contribution is 5.88. The Hall–Kier alpha value is -2.89. The average molecular weight is 395 g/mol. The van der Waals surface area contributed by atoms with Crippen molar-refractivity contribution in [2.45, 2.75) is 33.6 Å². The third kappa shape index (κ3) is 6.31. The Kier molecular flexibility index (Phi) is 7.22. The lowest BCUT2D eigenvalue weighted by atomic mass is 9.91. The first-order valence-electron chi connectivity index (χ1n) is 10.3. The largest absolute Gasteiger partial charge is 0.494 e. The van der Waals surface area contributed by atoms with Crippen LogP contribution in [0.1, 0.15) is 39.2 Å². The summed E-state index contributed by atoms with van der Waals surface area (Å²) in [6.07, 6.45) is 5.72. The van der Waals surface area contributed by atoms with E-state index in [1.807, 2.05) is 17.0 Å². The van der Waals surface area contributed by atoms with Gasteiger partial charge in [-0.15, -0.1) is 5.10 Å². The van der Waals surface area contributed by atoms with Gasteiger partial charge in [0.15, 0.2) is 5.82 Å². The highest BCUT2D eigenvalue weighted by atomic mass is 16.5. The van der Waals surface area contributed by atoms with Gasteiger partial charge in [-0.2, -0.15) is 5.10 Å². The van der Waals surface area contributed by atoms with E-state index in [1.165, 1.54) is 5.57 Å². The van der Waals surface area contributed by atoms with Crippen LogP contribution in [-0.2, 0) is 0 Å². The summed E-state index contributed by atoms with van der Waals surface area (Å²) < 4.78 is 5.88. The number of carbonyl (C=O) groups is 1. The van der Waals surface area contributed by atoms with E-state index in [4.69, 9.17) is 4.74 Å². The van der Waals surface area contributed by atoms with E-state index in [9.17, 15) is 4.79 Å². The number of piperidine rings is 1. The molecule has 6 heteroatoms. The monoisotopic (exact) mass is 394 g/mol. The zero-order valence-corrected chi connectivity index (χ0v) is 17.5. The standard InChI is InChI=1S/C23H30N4O2/c1-17(2)10-13-29-21-7-4-6-19(15-21)14-20-9-12-27(16-18(20)3)23(28)25-22-8-5-11-24-26-22/h4-8,11,14-15,17-18H,9-10,12-13,16H2,1-3H3,(H,25,26,28). The molecule has 3 rings (SSSR count). The number of nitrogens with zero attached hydrogens (tertiary/aromatic N) is 3. The van der Waals surface area contributed by atoms with Crippen LogP contribution in [0.5, 0.6) is 5.75 Å². The summed E-state index contributed by atoms with van der Waals surface area (Å²) in [5, 5.41) is 10.5. The predicted octanol–water partition coefficient (Wildman–Crippen LogP) is 4.86. The van der Waals surface area contributed by atoms with E-state index < -0.39 is 0 Å². The fraction of sp³-hybridized carbons (Fsp3) is 0.435. The van der Waals surface area contributed by atoms with Crippen LogP contribution in [0.4, 0.5) is 10.6 Å². The van der Waals surface area contributed by atoms with Crippen LogP contribution in [0.25, 0.3) is 6.08 Å². The zero-order chi connectivity index (χ0) is 20.6. The molecule has 0 bridgehead atoms. The minimum atomic E-state index is -0.128. The molecule has 6 nitrogen and oxygen atoms in total. The highest BCUT2D eigenvalue weighted by Gasteiger charge is 2.24. The van der Waals surface area contributed by atoms with Gasteiger partial charge in [0.25, 0.3) is 0 Å². The van der Waals surface area contributed by atoms with Crippen molar-refractivity contribution in [2.75, 3.05) is 25.0 Å². The fourth-order valence-corrected chi connectivity index (χ4v) is 3.33. The van der Waals surface area contributed by atoms with Crippen LogP contribution in [0.3, 0.4) is 0 Å². The maximum atomic E-state index is 12.5. The summed E-state index contributed by atoms with van der Waals surface area (Å²) in [7, 11) is 0.